The topological polar surface area (TPSA) is 70.4 Å². The summed E-state index contributed by atoms with van der Waals surface area (Å²) in [6.45, 7) is 0.912. The number of alkyl halides is 3. The molecule has 1 amide bonds. The monoisotopic (exact) mass is 384 g/mol. The number of nitrogens with two attached hydrogens (primary N) is 1. The molecule has 1 heterocycles. The Morgan fingerprint density at radius 2 is 2.11 bits per heavy atom. The van der Waals surface area contributed by atoms with E-state index in [4.69, 9.17) is 5.73 Å². The van der Waals surface area contributed by atoms with Gasteiger partial charge >= 0.3 is 6.18 Å². The maximum Gasteiger partial charge on any atom is 0.395 e. The Hall–Kier alpha value is -1.80. The van der Waals surface area contributed by atoms with Crippen molar-refractivity contribution in [2.75, 3.05) is 13.1 Å². The molecule has 150 valence electrons. The molecule has 0 bridgehead atoms. The Morgan fingerprint density at radius 1 is 1.33 bits per heavy atom. The van der Waals surface area contributed by atoms with Crippen LogP contribution >= 0.6 is 0 Å². The Bertz CT molecular complexity index is 639. The van der Waals surface area contributed by atoms with Crippen molar-refractivity contribution in [3.63, 3.8) is 0 Å². The fourth-order valence-electron chi connectivity index (χ4n) is 4.02. The zero-order valence-corrected chi connectivity index (χ0v) is 15.3. The first-order valence-electron chi connectivity index (χ1n) is 9.57. The lowest BCUT2D eigenvalue weighted by Crippen LogP contribution is -2.43. The summed E-state index contributed by atoms with van der Waals surface area (Å²) in [5, 5.41) is 4.65. The number of carbonyl (C=O) groups is 1. The number of halogens is 3. The lowest BCUT2D eigenvalue weighted by atomic mass is 9.82. The van der Waals surface area contributed by atoms with Crippen LogP contribution in [0.5, 0.6) is 0 Å². The van der Waals surface area contributed by atoms with Crippen LogP contribution in [0.1, 0.15) is 38.5 Å². The number of hydrogen-bond acceptors (Lipinski definition) is 4. The first-order valence-corrected chi connectivity index (χ1v) is 9.57. The first kappa shape index (κ1) is 19.9. The average Bonchev–Trinajstić information content (AvgIpc) is 3.13. The van der Waals surface area contributed by atoms with E-state index in [1.807, 2.05) is 0 Å². The highest BCUT2D eigenvalue weighted by molar-refractivity contribution is 5.94. The molecule has 0 aromatic rings. The van der Waals surface area contributed by atoms with Crippen molar-refractivity contribution in [2.45, 2.75) is 50.7 Å². The van der Waals surface area contributed by atoms with Crippen molar-refractivity contribution >= 4 is 5.91 Å². The van der Waals surface area contributed by atoms with Crippen LogP contribution in [-0.2, 0) is 4.79 Å². The van der Waals surface area contributed by atoms with Gasteiger partial charge in [0.05, 0.1) is 11.5 Å². The molecule has 3 aliphatic rings. The number of hydrogen-bond donors (Lipinski definition) is 3. The smallest absolute Gasteiger partial charge is 0.349 e. The van der Waals surface area contributed by atoms with E-state index in [1.54, 1.807) is 12.3 Å². The van der Waals surface area contributed by atoms with Gasteiger partial charge in [-0.2, -0.15) is 13.2 Å². The van der Waals surface area contributed by atoms with Crippen LogP contribution in [0.2, 0.25) is 0 Å². The molecule has 0 aromatic carbocycles. The lowest BCUT2D eigenvalue weighted by molar-refractivity contribution is -0.161. The van der Waals surface area contributed by atoms with Gasteiger partial charge in [0.25, 0.3) is 0 Å². The maximum atomic E-state index is 13.0. The molecule has 3 atom stereocenters. The number of hydrazine groups is 1. The van der Waals surface area contributed by atoms with E-state index in [0.717, 1.165) is 38.2 Å². The lowest BCUT2D eigenvalue weighted by Gasteiger charge is -2.32. The second-order valence-electron chi connectivity index (χ2n) is 7.46. The number of allylic oxidation sites excluding steroid dienone is 4. The summed E-state index contributed by atoms with van der Waals surface area (Å²) in [5.74, 6) is -1.25. The van der Waals surface area contributed by atoms with Crippen molar-refractivity contribution in [3.05, 3.63) is 35.7 Å². The molecule has 0 aromatic heterocycles. The van der Waals surface area contributed by atoms with E-state index in [-0.39, 0.29) is 18.4 Å². The van der Waals surface area contributed by atoms with Crippen molar-refractivity contribution in [1.29, 1.82) is 0 Å². The van der Waals surface area contributed by atoms with Gasteiger partial charge in [0.15, 0.2) is 0 Å². The molecule has 0 saturated heterocycles. The predicted molar refractivity (Wildman–Crippen MR) is 96.9 cm³/mol. The standard InChI is InChI=1S/C19H27F3N4O/c20-19(21,22)15-5-3-6-16(10-15)26-12-14(11-24-26)18(27)25-17-7-2-1-4-13(17)8-9-23/h3,5-6,12-13,15,17,24H,1-2,4,7-11,23H2,(H,25,27)/t13?,15?,17-/m0/s1. The Kier molecular flexibility index (Phi) is 6.26. The third-order valence-corrected chi connectivity index (χ3v) is 5.57. The van der Waals surface area contributed by atoms with Gasteiger partial charge in [-0.1, -0.05) is 25.0 Å². The van der Waals surface area contributed by atoms with E-state index >= 15 is 0 Å². The fourth-order valence-corrected chi connectivity index (χ4v) is 4.02. The van der Waals surface area contributed by atoms with Crippen molar-refractivity contribution < 1.29 is 18.0 Å². The SMILES string of the molecule is NCCC1CCCC[C@@H]1NC(=O)C1=CN(C2=CC=CC(C(F)(F)F)C2)NC1. The highest BCUT2D eigenvalue weighted by Gasteiger charge is 2.40. The predicted octanol–water partition coefficient (Wildman–Crippen LogP) is 2.74. The Morgan fingerprint density at radius 3 is 2.85 bits per heavy atom. The van der Waals surface area contributed by atoms with Crippen LogP contribution in [0.25, 0.3) is 0 Å². The summed E-state index contributed by atoms with van der Waals surface area (Å²) in [6, 6.07) is 0.121. The third kappa shape index (κ3) is 4.93. The van der Waals surface area contributed by atoms with E-state index in [2.05, 4.69) is 10.7 Å². The molecule has 1 fully saturated rings. The van der Waals surface area contributed by atoms with Crippen LogP contribution in [0, 0.1) is 11.8 Å². The van der Waals surface area contributed by atoms with Gasteiger partial charge in [0, 0.05) is 30.9 Å². The summed E-state index contributed by atoms with van der Waals surface area (Å²) >= 11 is 0. The van der Waals surface area contributed by atoms with Crippen LogP contribution in [-0.4, -0.2) is 36.2 Å². The first-order chi connectivity index (χ1) is 12.9. The van der Waals surface area contributed by atoms with Crippen molar-refractivity contribution in [2.24, 2.45) is 17.6 Å². The second-order valence-corrected chi connectivity index (χ2v) is 7.46. The molecular formula is C19H27F3N4O. The van der Waals surface area contributed by atoms with Crippen molar-refractivity contribution in [1.82, 2.24) is 15.8 Å². The molecule has 2 unspecified atom stereocenters. The zero-order valence-electron chi connectivity index (χ0n) is 15.3. The minimum atomic E-state index is -4.27. The molecular weight excluding hydrogens is 357 g/mol. The molecule has 4 N–H and O–H groups in total. The minimum absolute atomic E-state index is 0.121. The van der Waals surface area contributed by atoms with Gasteiger partial charge in [0.1, 0.15) is 0 Å². The van der Waals surface area contributed by atoms with Gasteiger partial charge in [-0.3, -0.25) is 9.80 Å². The van der Waals surface area contributed by atoms with E-state index in [0.29, 0.717) is 30.3 Å². The number of carbonyl (C=O) groups excluding carboxylic acids is 1. The normalized spacial score (nSPS) is 28.7. The summed E-state index contributed by atoms with van der Waals surface area (Å²) in [4.78, 5) is 12.6. The molecule has 3 rings (SSSR count). The third-order valence-electron chi connectivity index (χ3n) is 5.57. The van der Waals surface area contributed by atoms with Crippen LogP contribution in [0.15, 0.2) is 35.7 Å². The summed E-state index contributed by atoms with van der Waals surface area (Å²) < 4.78 is 38.9. The molecule has 27 heavy (non-hydrogen) atoms. The number of nitrogens with one attached hydrogen (secondary N) is 2. The zero-order chi connectivity index (χ0) is 19.4. The number of nitrogens with zero attached hydrogens (tertiary/aromatic N) is 1. The number of amides is 1. The Labute approximate surface area is 157 Å². The summed E-state index contributed by atoms with van der Waals surface area (Å²) in [6.07, 6.45) is 6.60. The highest BCUT2D eigenvalue weighted by atomic mass is 19.4. The van der Waals surface area contributed by atoms with E-state index in [1.165, 1.54) is 11.1 Å². The molecule has 5 nitrogen and oxygen atoms in total. The van der Waals surface area contributed by atoms with Gasteiger partial charge in [-0.25, -0.2) is 5.43 Å². The van der Waals surface area contributed by atoms with Crippen LogP contribution in [0.3, 0.4) is 0 Å². The summed E-state index contributed by atoms with van der Waals surface area (Å²) in [5.41, 5.74) is 9.71. The van der Waals surface area contributed by atoms with Gasteiger partial charge in [-0.05, 0) is 37.8 Å². The molecule has 1 aliphatic heterocycles. The van der Waals surface area contributed by atoms with E-state index in [9.17, 15) is 18.0 Å². The quantitative estimate of drug-likeness (QED) is 0.682. The molecule has 0 radical (unpaired) electrons. The van der Waals surface area contributed by atoms with Crippen LogP contribution in [0.4, 0.5) is 13.2 Å². The minimum Gasteiger partial charge on any atom is -0.349 e. The Balaban J connectivity index is 1.61. The maximum absolute atomic E-state index is 13.0. The van der Waals surface area contributed by atoms with Crippen molar-refractivity contribution in [3.8, 4) is 0 Å². The highest BCUT2D eigenvalue weighted by Crippen LogP contribution is 2.35. The molecule has 8 heteroatoms. The second kappa shape index (κ2) is 8.48. The number of rotatable bonds is 5. The van der Waals surface area contributed by atoms with Gasteiger partial charge in [0.2, 0.25) is 5.91 Å². The molecule has 2 aliphatic carbocycles. The largest absolute Gasteiger partial charge is 0.395 e. The summed E-state index contributed by atoms with van der Waals surface area (Å²) in [7, 11) is 0. The van der Waals surface area contributed by atoms with E-state index < -0.39 is 12.1 Å². The molecule has 0 spiro atoms. The fraction of sp³-hybridized carbons (Fsp3) is 0.632. The van der Waals surface area contributed by atoms with Gasteiger partial charge in [-0.15, -0.1) is 0 Å². The molecule has 1 saturated carbocycles. The van der Waals surface area contributed by atoms with Crippen LogP contribution < -0.4 is 16.5 Å². The van der Waals surface area contributed by atoms with Gasteiger partial charge < -0.3 is 11.1 Å². The average molecular weight is 384 g/mol.